The molecule has 0 radical (unpaired) electrons. The molecule has 6 heteroatoms. The molecule has 0 fully saturated rings. The summed E-state index contributed by atoms with van der Waals surface area (Å²) >= 11 is 0.0303. The van der Waals surface area contributed by atoms with E-state index in [2.05, 4.69) is 0 Å². The summed E-state index contributed by atoms with van der Waals surface area (Å²) in [4.78, 5) is 0. The standard InChI is InChI=1S/C15H19F3N2S/c16-15(17,18)21-10-9-20-11-12(5-3-4-8-19)13-6-1-2-7-14(13)20/h1-2,6-7,11H,3-5,8-10,19H2. The van der Waals surface area contributed by atoms with Crippen LogP contribution < -0.4 is 5.73 Å². The second-order valence-electron chi connectivity index (χ2n) is 4.90. The van der Waals surface area contributed by atoms with Crippen LogP contribution in [0.4, 0.5) is 13.2 Å². The quantitative estimate of drug-likeness (QED) is 0.777. The molecule has 1 aromatic carbocycles. The van der Waals surface area contributed by atoms with Crippen LogP contribution in [0.25, 0.3) is 10.9 Å². The van der Waals surface area contributed by atoms with Crippen molar-refractivity contribution in [2.45, 2.75) is 31.3 Å². The van der Waals surface area contributed by atoms with E-state index in [1.807, 2.05) is 35.0 Å². The third-order valence-electron chi connectivity index (χ3n) is 3.37. The Bertz CT molecular complexity index is 578. The van der Waals surface area contributed by atoms with Crippen molar-refractivity contribution in [1.29, 1.82) is 0 Å². The number of hydrogen-bond donors (Lipinski definition) is 1. The number of para-hydroxylation sites is 1. The molecule has 21 heavy (non-hydrogen) atoms. The molecule has 2 nitrogen and oxygen atoms in total. The number of aromatic nitrogens is 1. The maximum atomic E-state index is 12.2. The molecule has 0 saturated carbocycles. The zero-order valence-corrected chi connectivity index (χ0v) is 12.5. The van der Waals surface area contributed by atoms with E-state index < -0.39 is 5.51 Å². The van der Waals surface area contributed by atoms with Crippen LogP contribution in [0.3, 0.4) is 0 Å². The lowest BCUT2D eigenvalue weighted by Crippen LogP contribution is -2.06. The summed E-state index contributed by atoms with van der Waals surface area (Å²) in [5, 5.41) is 1.13. The van der Waals surface area contributed by atoms with Crippen LogP contribution in [0, 0.1) is 0 Å². The fraction of sp³-hybridized carbons (Fsp3) is 0.467. The highest BCUT2D eigenvalue weighted by Gasteiger charge is 2.27. The van der Waals surface area contributed by atoms with Gasteiger partial charge in [-0.2, -0.15) is 13.2 Å². The highest BCUT2D eigenvalue weighted by atomic mass is 32.2. The van der Waals surface area contributed by atoms with Gasteiger partial charge in [0, 0.05) is 29.4 Å². The van der Waals surface area contributed by atoms with E-state index in [9.17, 15) is 13.2 Å². The van der Waals surface area contributed by atoms with Gasteiger partial charge in [-0.1, -0.05) is 18.2 Å². The first-order chi connectivity index (χ1) is 10.0. The summed E-state index contributed by atoms with van der Waals surface area (Å²) in [7, 11) is 0. The summed E-state index contributed by atoms with van der Waals surface area (Å²) in [6.45, 7) is 1.03. The van der Waals surface area contributed by atoms with Gasteiger partial charge in [0.2, 0.25) is 0 Å². The molecule has 0 aliphatic rings. The van der Waals surface area contributed by atoms with Crippen LogP contribution in [-0.2, 0) is 13.0 Å². The summed E-state index contributed by atoms with van der Waals surface area (Å²) in [6.07, 6.45) is 4.86. The third-order valence-corrected chi connectivity index (χ3v) is 4.08. The number of thioether (sulfide) groups is 1. The minimum Gasteiger partial charge on any atom is -0.346 e. The van der Waals surface area contributed by atoms with Crippen molar-refractivity contribution in [2.75, 3.05) is 12.3 Å². The second kappa shape index (κ2) is 7.22. The highest BCUT2D eigenvalue weighted by Crippen LogP contribution is 2.31. The number of alkyl halides is 3. The van der Waals surface area contributed by atoms with Crippen molar-refractivity contribution in [3.63, 3.8) is 0 Å². The summed E-state index contributed by atoms with van der Waals surface area (Å²) in [5.74, 6) is 0.0322. The fourth-order valence-corrected chi connectivity index (χ4v) is 2.95. The van der Waals surface area contributed by atoms with Crippen molar-refractivity contribution >= 4 is 22.7 Å². The number of benzene rings is 1. The van der Waals surface area contributed by atoms with Gasteiger partial charge >= 0.3 is 5.51 Å². The first kappa shape index (κ1) is 16.2. The van der Waals surface area contributed by atoms with E-state index in [4.69, 9.17) is 5.73 Å². The van der Waals surface area contributed by atoms with E-state index in [0.717, 1.165) is 30.2 Å². The minimum absolute atomic E-state index is 0.0303. The molecule has 0 atom stereocenters. The highest BCUT2D eigenvalue weighted by molar-refractivity contribution is 8.00. The van der Waals surface area contributed by atoms with Crippen molar-refractivity contribution < 1.29 is 13.2 Å². The number of rotatable bonds is 7. The van der Waals surface area contributed by atoms with Crippen molar-refractivity contribution in [3.8, 4) is 0 Å². The molecular weight excluding hydrogens is 297 g/mol. The van der Waals surface area contributed by atoms with E-state index in [0.29, 0.717) is 13.1 Å². The van der Waals surface area contributed by atoms with Gasteiger partial charge in [-0.05, 0) is 49.2 Å². The Labute approximate surface area is 126 Å². The summed E-state index contributed by atoms with van der Waals surface area (Å²) in [6, 6.07) is 7.86. The lowest BCUT2D eigenvalue weighted by Gasteiger charge is -2.07. The van der Waals surface area contributed by atoms with Gasteiger partial charge in [0.1, 0.15) is 0 Å². The monoisotopic (exact) mass is 316 g/mol. The molecule has 0 aliphatic carbocycles. The zero-order valence-electron chi connectivity index (χ0n) is 11.7. The Morgan fingerprint density at radius 1 is 1.14 bits per heavy atom. The molecule has 116 valence electrons. The van der Waals surface area contributed by atoms with Gasteiger partial charge < -0.3 is 10.3 Å². The number of halogens is 3. The molecule has 1 heterocycles. The van der Waals surface area contributed by atoms with Gasteiger partial charge in [-0.25, -0.2) is 0 Å². The molecule has 0 bridgehead atoms. The Kier molecular flexibility index (Phi) is 5.58. The first-order valence-electron chi connectivity index (χ1n) is 6.99. The Morgan fingerprint density at radius 2 is 1.90 bits per heavy atom. The maximum Gasteiger partial charge on any atom is 0.441 e. The lowest BCUT2D eigenvalue weighted by molar-refractivity contribution is -0.0328. The summed E-state index contributed by atoms with van der Waals surface area (Å²) < 4.78 is 38.6. The molecule has 0 amide bonds. The van der Waals surface area contributed by atoms with Gasteiger partial charge in [-0.15, -0.1) is 0 Å². The van der Waals surface area contributed by atoms with Gasteiger partial charge in [0.15, 0.2) is 0 Å². The van der Waals surface area contributed by atoms with E-state index in [1.54, 1.807) is 0 Å². The topological polar surface area (TPSA) is 30.9 Å². The van der Waals surface area contributed by atoms with Crippen LogP contribution >= 0.6 is 11.8 Å². The van der Waals surface area contributed by atoms with Crippen molar-refractivity contribution in [3.05, 3.63) is 36.0 Å². The minimum atomic E-state index is -4.16. The number of aryl methyl sites for hydroxylation is 2. The zero-order chi connectivity index (χ0) is 15.3. The van der Waals surface area contributed by atoms with Crippen LogP contribution in [-0.4, -0.2) is 22.4 Å². The lowest BCUT2D eigenvalue weighted by atomic mass is 10.1. The Balaban J connectivity index is 2.11. The van der Waals surface area contributed by atoms with E-state index in [1.165, 1.54) is 5.56 Å². The SMILES string of the molecule is NCCCCc1cn(CCSC(F)(F)F)c2ccccc12. The normalized spacial score (nSPS) is 12.2. The number of nitrogens with two attached hydrogens (primary N) is 1. The van der Waals surface area contributed by atoms with Crippen LogP contribution in [0.2, 0.25) is 0 Å². The number of hydrogen-bond acceptors (Lipinski definition) is 2. The number of nitrogens with zero attached hydrogens (tertiary/aromatic N) is 1. The number of unbranched alkanes of at least 4 members (excludes halogenated alkanes) is 1. The van der Waals surface area contributed by atoms with Crippen molar-refractivity contribution in [2.24, 2.45) is 5.73 Å². The average molecular weight is 316 g/mol. The summed E-state index contributed by atoms with van der Waals surface area (Å²) in [5.41, 5.74) is 3.54. The fourth-order valence-electron chi connectivity index (χ4n) is 2.43. The van der Waals surface area contributed by atoms with Gasteiger partial charge in [0.25, 0.3) is 0 Å². The largest absolute Gasteiger partial charge is 0.441 e. The van der Waals surface area contributed by atoms with Gasteiger partial charge in [-0.3, -0.25) is 0 Å². The molecule has 0 unspecified atom stereocenters. The molecule has 0 aliphatic heterocycles. The molecule has 2 rings (SSSR count). The number of fused-ring (bicyclic) bond motifs is 1. The maximum absolute atomic E-state index is 12.2. The Hall–Kier alpha value is -1.14. The Morgan fingerprint density at radius 3 is 2.62 bits per heavy atom. The third kappa shape index (κ3) is 4.68. The van der Waals surface area contributed by atoms with E-state index >= 15 is 0 Å². The van der Waals surface area contributed by atoms with Gasteiger partial charge in [0.05, 0.1) is 0 Å². The predicted molar refractivity (Wildman–Crippen MR) is 82.4 cm³/mol. The molecular formula is C15H19F3N2S. The van der Waals surface area contributed by atoms with Crippen molar-refractivity contribution in [1.82, 2.24) is 4.57 Å². The van der Waals surface area contributed by atoms with Crippen LogP contribution in [0.1, 0.15) is 18.4 Å². The first-order valence-corrected chi connectivity index (χ1v) is 7.97. The van der Waals surface area contributed by atoms with Crippen LogP contribution in [0.5, 0.6) is 0 Å². The molecule has 2 N–H and O–H groups in total. The second-order valence-corrected chi connectivity index (χ2v) is 6.06. The molecule has 0 spiro atoms. The molecule has 2 aromatic rings. The van der Waals surface area contributed by atoms with Crippen LogP contribution in [0.15, 0.2) is 30.5 Å². The smallest absolute Gasteiger partial charge is 0.346 e. The molecule has 0 saturated heterocycles. The van der Waals surface area contributed by atoms with E-state index in [-0.39, 0.29) is 17.5 Å². The average Bonchev–Trinajstić information content (AvgIpc) is 2.77. The molecule has 1 aromatic heterocycles. The predicted octanol–water partition coefficient (Wildman–Crippen LogP) is 4.18.